The predicted molar refractivity (Wildman–Crippen MR) is 50.6 cm³/mol. The van der Waals surface area contributed by atoms with E-state index < -0.39 is 0 Å². The fraction of sp³-hybridized carbons (Fsp3) is 0.400. The average molecular weight is 193 g/mol. The Bertz CT molecular complexity index is 379. The smallest absolute Gasteiger partial charge is 0.132 e. The molecule has 0 N–H and O–H groups in total. The average Bonchev–Trinajstić information content (AvgIpc) is 2.19. The summed E-state index contributed by atoms with van der Waals surface area (Å²) in [5, 5.41) is 9.43. The first kappa shape index (κ1) is 8.52. The van der Waals surface area contributed by atoms with Gasteiger partial charge in [-0.3, -0.25) is 0 Å². The van der Waals surface area contributed by atoms with Gasteiger partial charge in [0, 0.05) is 6.20 Å². The summed E-state index contributed by atoms with van der Waals surface area (Å²) in [7, 11) is 0. The third-order valence-electron chi connectivity index (χ3n) is 2.47. The molecular formula is C10H9ClN2. The highest BCUT2D eigenvalue weighted by Crippen LogP contribution is 2.28. The lowest BCUT2D eigenvalue weighted by Gasteiger charge is -2.16. The van der Waals surface area contributed by atoms with Crippen molar-refractivity contribution in [2.75, 3.05) is 0 Å². The zero-order valence-electron chi connectivity index (χ0n) is 7.18. The number of pyridine rings is 1. The van der Waals surface area contributed by atoms with Gasteiger partial charge in [0.2, 0.25) is 0 Å². The van der Waals surface area contributed by atoms with E-state index in [1.54, 1.807) is 6.20 Å². The molecule has 0 bridgehead atoms. The van der Waals surface area contributed by atoms with Gasteiger partial charge in [-0.05, 0) is 36.8 Å². The Morgan fingerprint density at radius 3 is 2.69 bits per heavy atom. The van der Waals surface area contributed by atoms with Crippen molar-refractivity contribution in [3.63, 3.8) is 0 Å². The Morgan fingerprint density at radius 1 is 1.31 bits per heavy atom. The SMILES string of the molecule is N#Cc1cnc(Cl)c2c1CCCC2. The number of hydrogen-bond donors (Lipinski definition) is 0. The Hall–Kier alpha value is -1.07. The van der Waals surface area contributed by atoms with Gasteiger partial charge in [0.05, 0.1) is 5.56 Å². The Kier molecular flexibility index (Phi) is 2.20. The lowest BCUT2D eigenvalue weighted by Crippen LogP contribution is -2.06. The van der Waals surface area contributed by atoms with Crippen LogP contribution >= 0.6 is 11.6 Å². The number of aromatic nitrogens is 1. The van der Waals surface area contributed by atoms with Crippen molar-refractivity contribution in [1.29, 1.82) is 5.26 Å². The van der Waals surface area contributed by atoms with Crippen LogP contribution in [-0.2, 0) is 12.8 Å². The van der Waals surface area contributed by atoms with Crippen LogP contribution in [0.5, 0.6) is 0 Å². The number of rotatable bonds is 0. The molecule has 0 aliphatic heterocycles. The van der Waals surface area contributed by atoms with E-state index in [4.69, 9.17) is 16.9 Å². The van der Waals surface area contributed by atoms with Crippen molar-refractivity contribution in [3.05, 3.63) is 28.0 Å². The van der Waals surface area contributed by atoms with E-state index in [1.165, 1.54) is 0 Å². The molecular weight excluding hydrogens is 184 g/mol. The highest BCUT2D eigenvalue weighted by atomic mass is 35.5. The Balaban J connectivity index is 2.61. The van der Waals surface area contributed by atoms with Gasteiger partial charge in [0.15, 0.2) is 0 Å². The minimum atomic E-state index is 0.578. The number of nitrogens with zero attached hydrogens (tertiary/aromatic N) is 2. The van der Waals surface area contributed by atoms with Crippen molar-refractivity contribution in [2.24, 2.45) is 0 Å². The van der Waals surface area contributed by atoms with E-state index in [0.717, 1.165) is 36.8 Å². The summed E-state index contributed by atoms with van der Waals surface area (Å²) < 4.78 is 0. The van der Waals surface area contributed by atoms with Crippen LogP contribution in [0, 0.1) is 11.3 Å². The van der Waals surface area contributed by atoms with Gasteiger partial charge in [-0.1, -0.05) is 11.6 Å². The summed E-state index contributed by atoms with van der Waals surface area (Å²) in [5.74, 6) is 0. The van der Waals surface area contributed by atoms with E-state index in [2.05, 4.69) is 11.1 Å². The fourth-order valence-corrected chi connectivity index (χ4v) is 2.06. The minimum Gasteiger partial charge on any atom is -0.243 e. The van der Waals surface area contributed by atoms with Gasteiger partial charge in [0.25, 0.3) is 0 Å². The standard InChI is InChI=1S/C10H9ClN2/c11-10-9-4-2-1-3-8(9)7(5-12)6-13-10/h6H,1-4H2. The van der Waals surface area contributed by atoms with Crippen molar-refractivity contribution in [2.45, 2.75) is 25.7 Å². The monoisotopic (exact) mass is 192 g/mol. The largest absolute Gasteiger partial charge is 0.243 e. The predicted octanol–water partition coefficient (Wildman–Crippen LogP) is 2.49. The maximum Gasteiger partial charge on any atom is 0.132 e. The second kappa shape index (κ2) is 3.35. The number of nitriles is 1. The van der Waals surface area contributed by atoms with Gasteiger partial charge in [-0.15, -0.1) is 0 Å². The lowest BCUT2D eigenvalue weighted by molar-refractivity contribution is 0.680. The molecule has 1 aliphatic carbocycles. The maximum absolute atomic E-state index is 8.85. The van der Waals surface area contributed by atoms with Crippen LogP contribution in [-0.4, -0.2) is 4.98 Å². The molecule has 13 heavy (non-hydrogen) atoms. The van der Waals surface area contributed by atoms with Crippen molar-refractivity contribution in [3.8, 4) is 6.07 Å². The number of halogens is 1. The molecule has 0 unspecified atom stereocenters. The minimum absolute atomic E-state index is 0.578. The molecule has 2 rings (SSSR count). The van der Waals surface area contributed by atoms with Gasteiger partial charge < -0.3 is 0 Å². The molecule has 1 aliphatic rings. The second-order valence-corrected chi connectivity index (χ2v) is 3.60. The fourth-order valence-electron chi connectivity index (χ4n) is 1.80. The maximum atomic E-state index is 8.85. The lowest BCUT2D eigenvalue weighted by atomic mass is 9.90. The van der Waals surface area contributed by atoms with E-state index in [0.29, 0.717) is 10.7 Å². The summed E-state index contributed by atoms with van der Waals surface area (Å²) in [6, 6.07) is 2.16. The van der Waals surface area contributed by atoms with Crippen LogP contribution in [0.2, 0.25) is 5.15 Å². The molecule has 1 heterocycles. The molecule has 0 atom stereocenters. The quantitative estimate of drug-likeness (QED) is 0.593. The van der Waals surface area contributed by atoms with Crippen molar-refractivity contribution < 1.29 is 0 Å². The molecule has 0 amide bonds. The molecule has 0 saturated carbocycles. The third-order valence-corrected chi connectivity index (χ3v) is 2.80. The first-order valence-corrected chi connectivity index (χ1v) is 4.77. The first-order valence-electron chi connectivity index (χ1n) is 4.39. The summed E-state index contributed by atoms with van der Waals surface area (Å²) in [6.45, 7) is 0. The second-order valence-electron chi connectivity index (χ2n) is 3.24. The van der Waals surface area contributed by atoms with E-state index >= 15 is 0 Å². The van der Waals surface area contributed by atoms with E-state index in [-0.39, 0.29) is 0 Å². The Labute approximate surface area is 82.2 Å². The van der Waals surface area contributed by atoms with Gasteiger partial charge in [0.1, 0.15) is 11.2 Å². The summed E-state index contributed by atoms with van der Waals surface area (Å²) in [6.07, 6.45) is 5.83. The summed E-state index contributed by atoms with van der Waals surface area (Å²) in [5.41, 5.74) is 2.90. The normalized spacial score (nSPS) is 14.8. The zero-order chi connectivity index (χ0) is 9.26. The van der Waals surface area contributed by atoms with Crippen LogP contribution in [0.3, 0.4) is 0 Å². The van der Waals surface area contributed by atoms with E-state index in [9.17, 15) is 0 Å². The molecule has 0 radical (unpaired) electrons. The molecule has 2 nitrogen and oxygen atoms in total. The molecule has 1 aromatic rings. The number of fused-ring (bicyclic) bond motifs is 1. The van der Waals surface area contributed by atoms with Crippen molar-refractivity contribution >= 4 is 11.6 Å². The van der Waals surface area contributed by atoms with Crippen molar-refractivity contribution in [1.82, 2.24) is 4.98 Å². The van der Waals surface area contributed by atoms with Gasteiger partial charge >= 0.3 is 0 Å². The Morgan fingerprint density at radius 2 is 2.00 bits per heavy atom. The summed E-state index contributed by atoms with van der Waals surface area (Å²) >= 11 is 5.95. The molecule has 0 aromatic carbocycles. The first-order chi connectivity index (χ1) is 6.33. The highest BCUT2D eigenvalue weighted by Gasteiger charge is 2.16. The van der Waals surface area contributed by atoms with Crippen LogP contribution < -0.4 is 0 Å². The van der Waals surface area contributed by atoms with Crippen LogP contribution in [0.15, 0.2) is 6.20 Å². The zero-order valence-corrected chi connectivity index (χ0v) is 7.93. The number of hydrogen-bond acceptors (Lipinski definition) is 2. The van der Waals surface area contributed by atoms with E-state index in [1.807, 2.05) is 0 Å². The molecule has 66 valence electrons. The van der Waals surface area contributed by atoms with Gasteiger partial charge in [-0.25, -0.2) is 4.98 Å². The molecule has 1 aromatic heterocycles. The molecule has 3 heteroatoms. The third kappa shape index (κ3) is 1.40. The highest BCUT2D eigenvalue weighted by molar-refractivity contribution is 6.30. The molecule has 0 spiro atoms. The van der Waals surface area contributed by atoms with Crippen LogP contribution in [0.25, 0.3) is 0 Å². The topological polar surface area (TPSA) is 36.7 Å². The molecule has 0 saturated heterocycles. The van der Waals surface area contributed by atoms with Crippen LogP contribution in [0.4, 0.5) is 0 Å². The van der Waals surface area contributed by atoms with Crippen LogP contribution in [0.1, 0.15) is 29.5 Å². The summed E-state index contributed by atoms with van der Waals surface area (Å²) in [4.78, 5) is 4.01. The van der Waals surface area contributed by atoms with Gasteiger partial charge in [-0.2, -0.15) is 5.26 Å². The molecule has 0 fully saturated rings.